The third-order valence-electron chi connectivity index (χ3n) is 2.29. The Morgan fingerprint density at radius 1 is 1.35 bits per heavy atom. The lowest BCUT2D eigenvalue weighted by Gasteiger charge is -2.15. The molecule has 0 unspecified atom stereocenters. The van der Waals surface area contributed by atoms with Gasteiger partial charge in [0.2, 0.25) is 5.91 Å². The van der Waals surface area contributed by atoms with Gasteiger partial charge in [-0.15, -0.1) is 0 Å². The predicted molar refractivity (Wildman–Crippen MR) is 66.0 cm³/mol. The highest BCUT2D eigenvalue weighted by Crippen LogP contribution is 2.22. The summed E-state index contributed by atoms with van der Waals surface area (Å²) in [5.41, 5.74) is 6.93. The molecule has 2 N–H and O–H groups in total. The molecule has 0 aromatic heterocycles. The van der Waals surface area contributed by atoms with Crippen LogP contribution in [0.1, 0.15) is 23.8 Å². The summed E-state index contributed by atoms with van der Waals surface area (Å²) in [5, 5.41) is 0. The zero-order valence-corrected chi connectivity index (χ0v) is 10.1. The van der Waals surface area contributed by atoms with E-state index in [-0.39, 0.29) is 12.3 Å². The molecule has 0 aliphatic rings. The van der Waals surface area contributed by atoms with Crippen LogP contribution < -0.4 is 5.73 Å². The van der Waals surface area contributed by atoms with Crippen LogP contribution in [0.2, 0.25) is 0 Å². The zero-order valence-electron chi connectivity index (χ0n) is 10.1. The highest BCUT2D eigenvalue weighted by molar-refractivity contribution is 5.76. The lowest BCUT2D eigenvalue weighted by atomic mass is 10.1. The van der Waals surface area contributed by atoms with E-state index in [4.69, 9.17) is 15.2 Å². The summed E-state index contributed by atoms with van der Waals surface area (Å²) in [7, 11) is 3.16. The number of amides is 1. The van der Waals surface area contributed by atoms with Crippen LogP contribution in [-0.2, 0) is 14.3 Å². The number of rotatable bonds is 6. The van der Waals surface area contributed by atoms with Crippen molar-refractivity contribution < 1.29 is 14.3 Å². The molecule has 1 aromatic rings. The highest BCUT2D eigenvalue weighted by atomic mass is 16.7. The Kier molecular flexibility index (Phi) is 5.39. The van der Waals surface area contributed by atoms with Gasteiger partial charge in [-0.25, -0.2) is 0 Å². The molecule has 4 heteroatoms. The van der Waals surface area contributed by atoms with Gasteiger partial charge in [0.25, 0.3) is 0 Å². The molecule has 0 spiro atoms. The molecule has 0 atom stereocenters. The fourth-order valence-corrected chi connectivity index (χ4v) is 1.53. The number of ether oxygens (including phenoxy) is 2. The van der Waals surface area contributed by atoms with Crippen LogP contribution >= 0.6 is 0 Å². The van der Waals surface area contributed by atoms with Gasteiger partial charge in [0.15, 0.2) is 6.29 Å². The van der Waals surface area contributed by atoms with Crippen molar-refractivity contribution in [3.8, 4) is 0 Å². The Balaban J connectivity index is 2.91. The molecular formula is C13H17NO3. The first-order valence-corrected chi connectivity index (χ1v) is 5.28. The first-order valence-electron chi connectivity index (χ1n) is 5.28. The van der Waals surface area contributed by atoms with Gasteiger partial charge in [0.05, 0.1) is 0 Å². The van der Waals surface area contributed by atoms with E-state index >= 15 is 0 Å². The fraction of sp³-hybridized carbons (Fsp3) is 0.308. The minimum absolute atomic E-state index is 0.221. The Morgan fingerprint density at radius 2 is 2.00 bits per heavy atom. The first-order chi connectivity index (χ1) is 8.19. The van der Waals surface area contributed by atoms with Crippen LogP contribution in [0.15, 0.2) is 30.3 Å². The standard InChI is InChI=1S/C13H17NO3/c1-16-13(17-2)11-8-4-3-6-10(11)7-5-9-12(14)15/h3-8,13H,9H2,1-2H3,(H2,14,15). The molecule has 4 nitrogen and oxygen atoms in total. The number of benzene rings is 1. The third-order valence-corrected chi connectivity index (χ3v) is 2.29. The number of hydrogen-bond donors (Lipinski definition) is 1. The number of primary amides is 1. The van der Waals surface area contributed by atoms with Gasteiger partial charge in [-0.3, -0.25) is 4.79 Å². The molecule has 0 saturated heterocycles. The van der Waals surface area contributed by atoms with Crippen molar-refractivity contribution in [1.82, 2.24) is 0 Å². The van der Waals surface area contributed by atoms with Crippen LogP contribution in [0.3, 0.4) is 0 Å². The normalized spacial score (nSPS) is 11.2. The van der Waals surface area contributed by atoms with Gasteiger partial charge in [-0.05, 0) is 5.56 Å². The molecule has 0 bridgehead atoms. The van der Waals surface area contributed by atoms with Gasteiger partial charge < -0.3 is 15.2 Å². The van der Waals surface area contributed by atoms with E-state index in [1.807, 2.05) is 30.3 Å². The fourth-order valence-electron chi connectivity index (χ4n) is 1.53. The van der Waals surface area contributed by atoms with Gasteiger partial charge in [0.1, 0.15) is 0 Å². The molecule has 1 rings (SSSR count). The number of carbonyl (C=O) groups is 1. The predicted octanol–water partition coefficient (Wildman–Crippen LogP) is 1.87. The Morgan fingerprint density at radius 3 is 2.59 bits per heavy atom. The molecule has 0 radical (unpaired) electrons. The summed E-state index contributed by atoms with van der Waals surface area (Å²) in [5.74, 6) is -0.353. The van der Waals surface area contributed by atoms with Gasteiger partial charge in [-0.2, -0.15) is 0 Å². The largest absolute Gasteiger partial charge is 0.369 e. The molecule has 17 heavy (non-hydrogen) atoms. The van der Waals surface area contributed by atoms with Crippen LogP contribution in [0.5, 0.6) is 0 Å². The first kappa shape index (κ1) is 13.4. The molecule has 92 valence electrons. The summed E-state index contributed by atoms with van der Waals surface area (Å²) in [6.45, 7) is 0. The van der Waals surface area contributed by atoms with E-state index in [0.29, 0.717) is 0 Å². The smallest absolute Gasteiger partial charge is 0.221 e. The maximum atomic E-state index is 10.6. The van der Waals surface area contributed by atoms with E-state index in [2.05, 4.69) is 0 Å². The van der Waals surface area contributed by atoms with E-state index in [1.54, 1.807) is 20.3 Å². The number of nitrogens with two attached hydrogens (primary N) is 1. The van der Waals surface area contributed by atoms with Crippen LogP contribution in [0.4, 0.5) is 0 Å². The third kappa shape index (κ3) is 4.01. The topological polar surface area (TPSA) is 61.6 Å². The van der Waals surface area contributed by atoms with Crippen LogP contribution in [0, 0.1) is 0 Å². The van der Waals surface area contributed by atoms with Crippen molar-refractivity contribution in [2.24, 2.45) is 5.73 Å². The Bertz CT molecular complexity index is 397. The Labute approximate surface area is 101 Å². The summed E-state index contributed by atoms with van der Waals surface area (Å²) in [4.78, 5) is 10.6. The minimum atomic E-state index is -0.413. The van der Waals surface area contributed by atoms with Crippen molar-refractivity contribution in [1.29, 1.82) is 0 Å². The summed E-state index contributed by atoms with van der Waals surface area (Å²) >= 11 is 0. The zero-order chi connectivity index (χ0) is 12.7. The molecule has 0 aliphatic heterocycles. The molecule has 0 aliphatic carbocycles. The van der Waals surface area contributed by atoms with Gasteiger partial charge >= 0.3 is 0 Å². The maximum Gasteiger partial charge on any atom is 0.221 e. The maximum absolute atomic E-state index is 10.6. The van der Waals surface area contributed by atoms with Gasteiger partial charge in [-0.1, -0.05) is 36.4 Å². The molecule has 1 amide bonds. The lowest BCUT2D eigenvalue weighted by molar-refractivity contribution is -0.117. The SMILES string of the molecule is COC(OC)c1ccccc1C=CCC(N)=O. The molecular weight excluding hydrogens is 218 g/mol. The second-order valence-electron chi connectivity index (χ2n) is 3.51. The average molecular weight is 235 g/mol. The van der Waals surface area contributed by atoms with Crippen molar-refractivity contribution >= 4 is 12.0 Å². The number of methoxy groups -OCH3 is 2. The van der Waals surface area contributed by atoms with E-state index in [9.17, 15) is 4.79 Å². The quantitative estimate of drug-likeness (QED) is 0.765. The van der Waals surface area contributed by atoms with Crippen molar-refractivity contribution in [2.45, 2.75) is 12.7 Å². The molecule has 0 saturated carbocycles. The van der Waals surface area contributed by atoms with E-state index in [0.717, 1.165) is 11.1 Å². The summed E-state index contributed by atoms with van der Waals surface area (Å²) in [6, 6.07) is 7.67. The second-order valence-corrected chi connectivity index (χ2v) is 3.51. The highest BCUT2D eigenvalue weighted by Gasteiger charge is 2.11. The van der Waals surface area contributed by atoms with Gasteiger partial charge in [0, 0.05) is 26.2 Å². The number of carbonyl (C=O) groups excluding carboxylic acids is 1. The van der Waals surface area contributed by atoms with Crippen LogP contribution in [-0.4, -0.2) is 20.1 Å². The molecule has 0 heterocycles. The van der Waals surface area contributed by atoms with Crippen molar-refractivity contribution in [3.05, 3.63) is 41.5 Å². The average Bonchev–Trinajstić information content (AvgIpc) is 2.32. The second kappa shape index (κ2) is 6.83. The summed E-state index contributed by atoms with van der Waals surface area (Å²) in [6.07, 6.45) is 3.37. The van der Waals surface area contributed by atoms with Crippen LogP contribution in [0.25, 0.3) is 6.08 Å². The lowest BCUT2D eigenvalue weighted by Crippen LogP contribution is -2.08. The monoisotopic (exact) mass is 235 g/mol. The van der Waals surface area contributed by atoms with Crippen molar-refractivity contribution in [3.63, 3.8) is 0 Å². The summed E-state index contributed by atoms with van der Waals surface area (Å²) < 4.78 is 10.4. The van der Waals surface area contributed by atoms with E-state index < -0.39 is 6.29 Å². The van der Waals surface area contributed by atoms with E-state index in [1.165, 1.54) is 0 Å². The Hall–Kier alpha value is -1.65. The minimum Gasteiger partial charge on any atom is -0.369 e. The number of hydrogen-bond acceptors (Lipinski definition) is 3. The molecule has 0 fully saturated rings. The molecule has 1 aromatic carbocycles. The van der Waals surface area contributed by atoms with Crippen molar-refractivity contribution in [2.75, 3.05) is 14.2 Å².